The molecule has 1 fully saturated rings. The van der Waals surface area contributed by atoms with Gasteiger partial charge in [-0.2, -0.15) is 0 Å². The summed E-state index contributed by atoms with van der Waals surface area (Å²) >= 11 is 0. The molecule has 1 aromatic carbocycles. The van der Waals surface area contributed by atoms with Gasteiger partial charge in [0.05, 0.1) is 11.5 Å². The minimum atomic E-state index is -3.04. The van der Waals surface area contributed by atoms with Gasteiger partial charge >= 0.3 is 0 Å². The number of hydrogen-bond acceptors (Lipinski definition) is 5. The van der Waals surface area contributed by atoms with E-state index in [-0.39, 0.29) is 29.3 Å². The van der Waals surface area contributed by atoms with Crippen LogP contribution in [-0.4, -0.2) is 43.4 Å². The number of nitrogens with zero attached hydrogens (tertiary/aromatic N) is 1. The highest BCUT2D eigenvalue weighted by atomic mass is 32.2. The van der Waals surface area contributed by atoms with E-state index in [1.807, 2.05) is 0 Å². The molecular weight excluding hydrogens is 357 g/mol. The maximum atomic E-state index is 13.6. The number of pyridine rings is 1. The van der Waals surface area contributed by atoms with Crippen molar-refractivity contribution in [2.24, 2.45) is 0 Å². The van der Waals surface area contributed by atoms with Crippen molar-refractivity contribution < 1.29 is 17.6 Å². The summed E-state index contributed by atoms with van der Waals surface area (Å²) in [7, 11) is -3.04. The first-order valence-electron chi connectivity index (χ1n) is 8.37. The van der Waals surface area contributed by atoms with E-state index in [2.05, 4.69) is 15.6 Å². The zero-order valence-corrected chi connectivity index (χ0v) is 14.9. The molecule has 0 radical (unpaired) electrons. The Bertz CT molecular complexity index is 902. The van der Waals surface area contributed by atoms with Crippen molar-refractivity contribution in [2.75, 3.05) is 23.4 Å². The van der Waals surface area contributed by atoms with Crippen LogP contribution in [0.2, 0.25) is 0 Å². The summed E-state index contributed by atoms with van der Waals surface area (Å²) < 4.78 is 36.5. The Morgan fingerprint density at radius 3 is 2.81 bits per heavy atom. The van der Waals surface area contributed by atoms with Gasteiger partial charge < -0.3 is 10.6 Å². The van der Waals surface area contributed by atoms with Crippen LogP contribution in [0.15, 0.2) is 42.6 Å². The van der Waals surface area contributed by atoms with Crippen molar-refractivity contribution in [3.05, 3.63) is 59.5 Å². The third-order valence-electron chi connectivity index (χ3n) is 4.25. The molecule has 6 nitrogen and oxygen atoms in total. The third-order valence-corrected chi connectivity index (χ3v) is 6.02. The maximum absolute atomic E-state index is 13.6. The normalized spacial score (nSPS) is 18.4. The molecule has 1 aliphatic heterocycles. The van der Waals surface area contributed by atoms with E-state index in [4.69, 9.17) is 0 Å². The zero-order valence-electron chi connectivity index (χ0n) is 14.1. The van der Waals surface area contributed by atoms with Gasteiger partial charge in [-0.3, -0.25) is 4.79 Å². The molecule has 1 aromatic heterocycles. The van der Waals surface area contributed by atoms with E-state index in [0.717, 1.165) is 0 Å². The van der Waals surface area contributed by atoms with Crippen LogP contribution >= 0.6 is 0 Å². The van der Waals surface area contributed by atoms with Crippen LogP contribution in [-0.2, 0) is 16.3 Å². The molecule has 2 N–H and O–H groups in total. The number of halogens is 1. The fraction of sp³-hybridized carbons (Fsp3) is 0.333. The van der Waals surface area contributed by atoms with Crippen molar-refractivity contribution in [1.29, 1.82) is 0 Å². The van der Waals surface area contributed by atoms with Gasteiger partial charge in [0.25, 0.3) is 5.91 Å². The molecule has 138 valence electrons. The first kappa shape index (κ1) is 18.3. The smallest absolute Gasteiger partial charge is 0.251 e. The average Bonchev–Trinajstić information content (AvgIpc) is 2.95. The van der Waals surface area contributed by atoms with Gasteiger partial charge in [0.15, 0.2) is 9.84 Å². The predicted octanol–water partition coefficient (Wildman–Crippen LogP) is 1.79. The van der Waals surface area contributed by atoms with Crippen LogP contribution in [0, 0.1) is 5.82 Å². The molecule has 0 aliphatic carbocycles. The van der Waals surface area contributed by atoms with Gasteiger partial charge in [0, 0.05) is 24.3 Å². The number of nitrogens with one attached hydrogen (secondary N) is 2. The van der Waals surface area contributed by atoms with Gasteiger partial charge in [-0.05, 0) is 36.6 Å². The van der Waals surface area contributed by atoms with Crippen molar-refractivity contribution in [1.82, 2.24) is 10.3 Å². The van der Waals surface area contributed by atoms with Crippen molar-refractivity contribution in [2.45, 2.75) is 18.9 Å². The number of benzene rings is 1. The van der Waals surface area contributed by atoms with E-state index in [0.29, 0.717) is 36.3 Å². The summed E-state index contributed by atoms with van der Waals surface area (Å²) in [5.41, 5.74) is 1.01. The molecule has 0 bridgehead atoms. The number of aromatic nitrogens is 1. The van der Waals surface area contributed by atoms with Crippen molar-refractivity contribution in [3.8, 4) is 0 Å². The van der Waals surface area contributed by atoms with Crippen molar-refractivity contribution >= 4 is 21.6 Å². The largest absolute Gasteiger partial charge is 0.370 e. The topological polar surface area (TPSA) is 88.2 Å². The molecular formula is C18H20FN3O3S. The molecule has 1 saturated heterocycles. The first-order valence-corrected chi connectivity index (χ1v) is 10.2. The monoisotopic (exact) mass is 377 g/mol. The number of anilines is 1. The predicted molar refractivity (Wildman–Crippen MR) is 97.4 cm³/mol. The van der Waals surface area contributed by atoms with E-state index in [1.54, 1.807) is 30.3 Å². The number of carbonyl (C=O) groups is 1. The molecule has 0 saturated carbocycles. The Labute approximate surface area is 151 Å². The van der Waals surface area contributed by atoms with Gasteiger partial charge in [-0.15, -0.1) is 0 Å². The third kappa shape index (κ3) is 4.78. The van der Waals surface area contributed by atoms with Crippen LogP contribution in [0.25, 0.3) is 0 Å². The molecule has 1 amide bonds. The minimum absolute atomic E-state index is 0.0163. The van der Waals surface area contributed by atoms with E-state index >= 15 is 0 Å². The lowest BCUT2D eigenvalue weighted by atomic mass is 10.1. The molecule has 1 atom stereocenters. The molecule has 1 aliphatic rings. The molecule has 8 heteroatoms. The molecule has 0 spiro atoms. The maximum Gasteiger partial charge on any atom is 0.251 e. The highest BCUT2D eigenvalue weighted by Gasteiger charge is 2.29. The summed E-state index contributed by atoms with van der Waals surface area (Å²) in [6.45, 7) is 0.472. The molecule has 1 unspecified atom stereocenters. The van der Waals surface area contributed by atoms with E-state index in [1.165, 1.54) is 12.3 Å². The summed E-state index contributed by atoms with van der Waals surface area (Å²) in [6.07, 6.45) is 2.43. The lowest BCUT2D eigenvalue weighted by molar-refractivity contribution is 0.0941. The van der Waals surface area contributed by atoms with Gasteiger partial charge in [0.2, 0.25) is 0 Å². The van der Waals surface area contributed by atoms with Gasteiger partial charge in [-0.25, -0.2) is 17.8 Å². The fourth-order valence-corrected chi connectivity index (χ4v) is 4.55. The fourth-order valence-electron chi connectivity index (χ4n) is 2.87. The van der Waals surface area contributed by atoms with Crippen LogP contribution in [0.3, 0.4) is 0 Å². The summed E-state index contributed by atoms with van der Waals surface area (Å²) in [4.78, 5) is 16.4. The molecule has 26 heavy (non-hydrogen) atoms. The second-order valence-corrected chi connectivity index (χ2v) is 8.50. The number of hydrogen-bond donors (Lipinski definition) is 2. The molecule has 2 heterocycles. The van der Waals surface area contributed by atoms with Crippen LogP contribution < -0.4 is 10.6 Å². The Kier molecular flexibility index (Phi) is 5.51. The number of rotatable bonds is 6. The van der Waals surface area contributed by atoms with E-state index in [9.17, 15) is 17.6 Å². The Morgan fingerprint density at radius 2 is 2.08 bits per heavy atom. The van der Waals surface area contributed by atoms with Gasteiger partial charge in [-0.1, -0.05) is 18.2 Å². The zero-order chi connectivity index (χ0) is 18.6. The Hall–Kier alpha value is -2.48. The summed E-state index contributed by atoms with van der Waals surface area (Å²) in [6, 6.07) is 9.39. The SMILES string of the molecule is O=C(NC1CCS(=O)(=O)C1)c1ccnc(NCCc2ccccc2F)c1. The van der Waals surface area contributed by atoms with Crippen molar-refractivity contribution in [3.63, 3.8) is 0 Å². The summed E-state index contributed by atoms with van der Waals surface area (Å²) in [5, 5.41) is 5.81. The minimum Gasteiger partial charge on any atom is -0.370 e. The van der Waals surface area contributed by atoms with Crippen LogP contribution in [0.1, 0.15) is 22.3 Å². The number of carbonyl (C=O) groups excluding carboxylic acids is 1. The van der Waals surface area contributed by atoms with Crippen LogP contribution in [0.4, 0.5) is 10.2 Å². The lowest BCUT2D eigenvalue weighted by Gasteiger charge is -2.12. The van der Waals surface area contributed by atoms with Gasteiger partial charge in [0.1, 0.15) is 11.6 Å². The quantitative estimate of drug-likeness (QED) is 0.801. The number of sulfone groups is 1. The second kappa shape index (κ2) is 7.82. The molecule has 2 aromatic rings. The van der Waals surface area contributed by atoms with E-state index < -0.39 is 9.84 Å². The Balaban J connectivity index is 1.56. The standard InChI is InChI=1S/C18H20FN3O3S/c19-16-4-2-1-3-13(16)5-8-20-17-11-14(6-9-21-17)18(23)22-15-7-10-26(24,25)12-15/h1-4,6,9,11,15H,5,7-8,10,12H2,(H,20,21)(H,22,23). The number of amides is 1. The highest BCUT2D eigenvalue weighted by molar-refractivity contribution is 7.91. The second-order valence-electron chi connectivity index (χ2n) is 6.27. The molecule has 3 rings (SSSR count). The lowest BCUT2D eigenvalue weighted by Crippen LogP contribution is -2.35. The summed E-state index contributed by atoms with van der Waals surface area (Å²) in [5.74, 6) is 0.0240. The van der Waals surface area contributed by atoms with Crippen LogP contribution in [0.5, 0.6) is 0 Å². The average molecular weight is 377 g/mol. The highest BCUT2D eigenvalue weighted by Crippen LogP contribution is 2.13. The first-order chi connectivity index (χ1) is 12.4. The Morgan fingerprint density at radius 1 is 1.27 bits per heavy atom.